The number of carbonyl (C=O) groups is 2. The summed E-state index contributed by atoms with van der Waals surface area (Å²) < 4.78 is 54.0. The normalized spacial score (nSPS) is 21.5. The fourth-order valence-corrected chi connectivity index (χ4v) is 3.65. The average molecular weight is 486 g/mol. The van der Waals surface area contributed by atoms with Crippen LogP contribution in [0.3, 0.4) is 0 Å². The molecule has 2 aromatic rings. The molecule has 1 unspecified atom stereocenters. The van der Waals surface area contributed by atoms with Crippen LogP contribution in [0.4, 0.5) is 18.9 Å². The van der Waals surface area contributed by atoms with E-state index in [9.17, 15) is 18.0 Å². The highest BCUT2D eigenvalue weighted by atomic mass is 19.4. The number of hydrogen-bond acceptors (Lipinski definition) is 7. The summed E-state index contributed by atoms with van der Waals surface area (Å²) in [5, 5.41) is 7.12. The molecule has 3 heterocycles. The number of amides is 1. The summed E-state index contributed by atoms with van der Waals surface area (Å²) in [5.74, 6) is -1.97. The maximum Gasteiger partial charge on any atom is 0.490 e. The third-order valence-electron chi connectivity index (χ3n) is 5.30. The molecule has 2 aliphatic rings. The Morgan fingerprint density at radius 2 is 1.91 bits per heavy atom. The quantitative estimate of drug-likeness (QED) is 0.704. The zero-order chi connectivity index (χ0) is 24.8. The van der Waals surface area contributed by atoms with Crippen LogP contribution in [0.5, 0.6) is 5.75 Å². The number of morpholine rings is 1. The van der Waals surface area contributed by atoms with Crippen LogP contribution in [-0.2, 0) is 25.6 Å². The van der Waals surface area contributed by atoms with E-state index in [4.69, 9.17) is 28.5 Å². The van der Waals surface area contributed by atoms with Gasteiger partial charge in [0.15, 0.2) is 0 Å². The molecule has 0 aliphatic carbocycles. The molecular formula is C22H25F3N2O7. The fourth-order valence-electron chi connectivity index (χ4n) is 3.65. The first-order chi connectivity index (χ1) is 16.1. The topological polar surface area (TPSA) is 102 Å². The van der Waals surface area contributed by atoms with Gasteiger partial charge < -0.3 is 28.6 Å². The molecule has 9 nitrogen and oxygen atoms in total. The molecule has 186 valence electrons. The maximum atomic E-state index is 12.3. The number of methoxy groups -OCH3 is 1. The van der Waals surface area contributed by atoms with Crippen molar-refractivity contribution in [2.24, 2.45) is 0 Å². The monoisotopic (exact) mass is 486 g/mol. The van der Waals surface area contributed by atoms with E-state index in [0.717, 1.165) is 24.5 Å². The van der Waals surface area contributed by atoms with Gasteiger partial charge in [-0.25, -0.2) is 4.79 Å². The fraction of sp³-hybridized carbons (Fsp3) is 0.455. The van der Waals surface area contributed by atoms with Gasteiger partial charge in [0.05, 0.1) is 38.8 Å². The van der Waals surface area contributed by atoms with E-state index >= 15 is 0 Å². The second kappa shape index (κ2) is 10.9. The molecule has 1 N–H and O–H groups in total. The van der Waals surface area contributed by atoms with Gasteiger partial charge in [-0.2, -0.15) is 13.2 Å². The number of alkyl halides is 3. The van der Waals surface area contributed by atoms with Crippen LogP contribution in [0.2, 0.25) is 0 Å². The number of benzene rings is 1. The van der Waals surface area contributed by atoms with Crippen molar-refractivity contribution in [1.29, 1.82) is 0 Å². The molecule has 12 heteroatoms. The number of ether oxygens (including phenoxy) is 3. The molecule has 1 spiro atoms. The standard InChI is InChI=1S/C20H24N2O5.C2HF3O2/c1-24-18-4-2-16(3-5-18)10-21-7-9-26-15-20(13-21)14-22(19(23)12-27-20)17-6-8-25-11-17;3-2(4,5)1(6)7/h2-6,8,11H,7,9-10,12-15H2,1H3;(H,6,7). The lowest BCUT2D eigenvalue weighted by molar-refractivity contribution is -0.192. The highest BCUT2D eigenvalue weighted by molar-refractivity contribution is 5.95. The van der Waals surface area contributed by atoms with Gasteiger partial charge in [-0.1, -0.05) is 12.1 Å². The van der Waals surface area contributed by atoms with E-state index in [1.165, 1.54) is 5.56 Å². The van der Waals surface area contributed by atoms with Crippen LogP contribution in [0.1, 0.15) is 5.56 Å². The van der Waals surface area contributed by atoms with E-state index in [1.807, 2.05) is 12.1 Å². The second-order valence-electron chi connectivity index (χ2n) is 7.85. The van der Waals surface area contributed by atoms with Gasteiger partial charge in [-0.15, -0.1) is 0 Å². The van der Waals surface area contributed by atoms with Crippen LogP contribution in [0, 0.1) is 0 Å². The van der Waals surface area contributed by atoms with Crippen molar-refractivity contribution in [3.63, 3.8) is 0 Å². The van der Waals surface area contributed by atoms with E-state index in [2.05, 4.69) is 17.0 Å². The Hall–Kier alpha value is -3.09. The number of rotatable bonds is 4. The van der Waals surface area contributed by atoms with Gasteiger partial charge in [0, 0.05) is 25.7 Å². The number of hydrogen-bond donors (Lipinski definition) is 1. The van der Waals surface area contributed by atoms with E-state index in [0.29, 0.717) is 26.3 Å². The number of anilines is 1. The van der Waals surface area contributed by atoms with Crippen LogP contribution in [0.15, 0.2) is 47.3 Å². The first-order valence-electron chi connectivity index (χ1n) is 10.3. The summed E-state index contributed by atoms with van der Waals surface area (Å²) in [5.41, 5.74) is 1.41. The van der Waals surface area contributed by atoms with E-state index < -0.39 is 17.7 Å². The third kappa shape index (κ3) is 6.72. The largest absolute Gasteiger partial charge is 0.497 e. The number of carbonyl (C=O) groups excluding carboxylic acids is 1. The number of carboxylic acid groups (broad SMARTS) is 1. The maximum absolute atomic E-state index is 12.3. The van der Waals surface area contributed by atoms with Crippen LogP contribution in [-0.4, -0.2) is 80.2 Å². The predicted molar refractivity (Wildman–Crippen MR) is 113 cm³/mol. The third-order valence-corrected chi connectivity index (χ3v) is 5.30. The van der Waals surface area contributed by atoms with Crippen molar-refractivity contribution in [1.82, 2.24) is 4.90 Å². The smallest absolute Gasteiger partial charge is 0.490 e. The number of aliphatic carboxylic acids is 1. The average Bonchev–Trinajstić information content (AvgIpc) is 3.26. The van der Waals surface area contributed by atoms with E-state index in [-0.39, 0.29) is 12.5 Å². The molecule has 1 aromatic heterocycles. The zero-order valence-electron chi connectivity index (χ0n) is 18.4. The molecule has 1 aromatic carbocycles. The molecule has 2 aliphatic heterocycles. The van der Waals surface area contributed by atoms with Crippen molar-refractivity contribution in [3.8, 4) is 5.75 Å². The highest BCUT2D eigenvalue weighted by Gasteiger charge is 2.43. The Morgan fingerprint density at radius 3 is 2.50 bits per heavy atom. The van der Waals surface area contributed by atoms with Crippen molar-refractivity contribution < 1.29 is 46.5 Å². The second-order valence-corrected chi connectivity index (χ2v) is 7.85. The minimum atomic E-state index is -5.08. The molecule has 0 bridgehead atoms. The number of carboxylic acids is 1. The number of nitrogens with zero attached hydrogens (tertiary/aromatic N) is 2. The highest BCUT2D eigenvalue weighted by Crippen LogP contribution is 2.28. The molecule has 0 saturated carbocycles. The van der Waals surface area contributed by atoms with Gasteiger partial charge >= 0.3 is 12.1 Å². The van der Waals surface area contributed by atoms with Gasteiger partial charge in [0.1, 0.15) is 24.2 Å². The van der Waals surface area contributed by atoms with Gasteiger partial charge in [0.2, 0.25) is 0 Å². The Bertz CT molecular complexity index is 950. The summed E-state index contributed by atoms with van der Waals surface area (Å²) in [4.78, 5) is 25.3. The first kappa shape index (κ1) is 25.5. The van der Waals surface area contributed by atoms with Crippen molar-refractivity contribution in [3.05, 3.63) is 48.4 Å². The van der Waals surface area contributed by atoms with Crippen molar-refractivity contribution in [2.45, 2.75) is 18.3 Å². The van der Waals surface area contributed by atoms with Crippen molar-refractivity contribution in [2.75, 3.05) is 51.5 Å². The van der Waals surface area contributed by atoms with E-state index in [1.54, 1.807) is 30.6 Å². The molecule has 2 fully saturated rings. The van der Waals surface area contributed by atoms with Crippen molar-refractivity contribution >= 4 is 17.6 Å². The molecule has 34 heavy (non-hydrogen) atoms. The molecule has 1 amide bonds. The molecule has 4 rings (SSSR count). The molecule has 2 saturated heterocycles. The Morgan fingerprint density at radius 1 is 1.21 bits per heavy atom. The van der Waals surface area contributed by atoms with Gasteiger partial charge in [0.25, 0.3) is 5.91 Å². The lowest BCUT2D eigenvalue weighted by Gasteiger charge is -2.42. The summed E-state index contributed by atoms with van der Waals surface area (Å²) in [6.07, 6.45) is -1.92. The Balaban J connectivity index is 0.000000406. The summed E-state index contributed by atoms with van der Waals surface area (Å²) >= 11 is 0. The zero-order valence-corrected chi connectivity index (χ0v) is 18.4. The van der Waals surface area contributed by atoms with Crippen LogP contribution < -0.4 is 9.64 Å². The SMILES string of the molecule is COc1ccc(CN2CCOCC3(C2)CN(c2ccoc2)C(=O)CO3)cc1.O=C(O)C(F)(F)F. The van der Waals surface area contributed by atoms with Gasteiger partial charge in [-0.3, -0.25) is 9.69 Å². The molecular weight excluding hydrogens is 461 g/mol. The molecule has 0 radical (unpaired) electrons. The predicted octanol–water partition coefficient (Wildman–Crippen LogP) is 2.56. The van der Waals surface area contributed by atoms with Crippen LogP contribution in [0.25, 0.3) is 0 Å². The minimum absolute atomic E-state index is 0.0465. The summed E-state index contributed by atoms with van der Waals surface area (Å²) in [7, 11) is 1.67. The number of furan rings is 1. The lowest BCUT2D eigenvalue weighted by atomic mass is 10.0. The summed E-state index contributed by atoms with van der Waals surface area (Å²) in [6.45, 7) is 3.90. The minimum Gasteiger partial charge on any atom is -0.497 e. The number of halogens is 3. The summed E-state index contributed by atoms with van der Waals surface area (Å²) in [6, 6.07) is 9.87. The Kier molecular flexibility index (Phi) is 8.18. The molecule has 1 atom stereocenters. The first-order valence-corrected chi connectivity index (χ1v) is 10.3. The van der Waals surface area contributed by atoms with Crippen LogP contribution >= 0.6 is 0 Å². The van der Waals surface area contributed by atoms with Gasteiger partial charge in [-0.05, 0) is 17.7 Å². The lowest BCUT2D eigenvalue weighted by Crippen LogP contribution is -2.60. The Labute approximate surface area is 193 Å².